The van der Waals surface area contributed by atoms with Crippen molar-refractivity contribution in [1.29, 1.82) is 0 Å². The Balaban J connectivity index is 1.67. The zero-order chi connectivity index (χ0) is 24.6. The lowest BCUT2D eigenvalue weighted by atomic mass is 9.68. The molecule has 7 nitrogen and oxygen atoms in total. The van der Waals surface area contributed by atoms with Gasteiger partial charge < -0.3 is 9.26 Å². The molecule has 2 aliphatic carbocycles. The predicted octanol–water partition coefficient (Wildman–Crippen LogP) is 5.80. The number of allylic oxidation sites excluding steroid dienone is 4. The number of phosphoric ester groups is 1. The number of carbonyl (C=O) groups excluding carboxylic acids is 2. The summed E-state index contributed by atoms with van der Waals surface area (Å²) in [5, 5.41) is 0. The van der Waals surface area contributed by atoms with Crippen molar-refractivity contribution in [3.05, 3.63) is 59.9 Å². The lowest BCUT2D eigenvalue weighted by molar-refractivity contribution is -0.125. The van der Waals surface area contributed by atoms with E-state index in [1.54, 1.807) is 26.0 Å². The Bertz CT molecular complexity index is 930. The normalized spacial score (nSPS) is 23.2. The molecule has 2 unspecified atom stereocenters. The van der Waals surface area contributed by atoms with Gasteiger partial charge in [-0.1, -0.05) is 36.4 Å². The number of Topliss-reactive ketones (excluding diaryl/α,β-unsaturated/α-hetero) is 1. The number of ketones is 2. The molecule has 1 aromatic rings. The summed E-state index contributed by atoms with van der Waals surface area (Å²) in [6, 6.07) is 9.81. The number of ether oxygens (including phenoxy) is 1. The van der Waals surface area contributed by atoms with E-state index >= 15 is 0 Å². The summed E-state index contributed by atoms with van der Waals surface area (Å²) in [4.78, 5) is 25.6. The molecular weight excluding hydrogens is 455 g/mol. The smallest absolute Gasteiger partial charge is 0.409 e. The summed E-state index contributed by atoms with van der Waals surface area (Å²) >= 11 is 0. The van der Waals surface area contributed by atoms with E-state index in [-0.39, 0.29) is 61.5 Å². The molecule has 0 saturated carbocycles. The first-order valence-corrected chi connectivity index (χ1v) is 13.5. The summed E-state index contributed by atoms with van der Waals surface area (Å²) in [6.07, 6.45) is 6.59. The number of benzene rings is 1. The average molecular weight is 491 g/mol. The monoisotopic (exact) mass is 490 g/mol. The van der Waals surface area contributed by atoms with Gasteiger partial charge in [0.05, 0.1) is 25.9 Å². The lowest BCUT2D eigenvalue weighted by Crippen LogP contribution is -2.36. The van der Waals surface area contributed by atoms with Gasteiger partial charge in [0.15, 0.2) is 5.78 Å². The summed E-state index contributed by atoms with van der Waals surface area (Å²) in [5.41, 5.74) is 1.05. The van der Waals surface area contributed by atoms with Crippen molar-refractivity contribution in [1.82, 2.24) is 0 Å². The molecular formula is C26H35O7P. The summed E-state index contributed by atoms with van der Waals surface area (Å²) < 4.78 is 35.0. The Labute approximate surface area is 202 Å². The first kappa shape index (κ1) is 26.6. The maximum Gasteiger partial charge on any atom is 0.529 e. The van der Waals surface area contributed by atoms with Gasteiger partial charge in [0.1, 0.15) is 11.5 Å². The molecule has 186 valence electrons. The third-order valence-corrected chi connectivity index (χ3v) is 7.65. The summed E-state index contributed by atoms with van der Waals surface area (Å²) in [6.45, 7) is 6.11. The van der Waals surface area contributed by atoms with Gasteiger partial charge in [0, 0.05) is 25.2 Å². The molecule has 0 heterocycles. The molecule has 0 bridgehead atoms. The van der Waals surface area contributed by atoms with Crippen LogP contribution >= 0.6 is 7.82 Å². The van der Waals surface area contributed by atoms with Crippen LogP contribution in [0.4, 0.5) is 0 Å². The molecule has 34 heavy (non-hydrogen) atoms. The van der Waals surface area contributed by atoms with Crippen LogP contribution in [-0.2, 0) is 39.1 Å². The molecule has 4 atom stereocenters. The standard InChI is InChI=1S/C26H35O7P/c1-4-31-34(29,32-5-2)33-24-16-21-12-9-13-25(28)26(21)22(17-24)15-23(27)14-19(3)30-18-20-10-7-6-8-11-20/h6-11,13,17,19,21-22,26H,4-5,12,14-16,18H2,1-3H3/t19?,21-,22?,26-/m0/s1. The van der Waals surface area contributed by atoms with Crippen molar-refractivity contribution in [3.8, 4) is 0 Å². The molecule has 0 aromatic heterocycles. The fraction of sp³-hybridized carbons (Fsp3) is 0.538. The Kier molecular flexibility index (Phi) is 9.84. The zero-order valence-electron chi connectivity index (χ0n) is 20.2. The van der Waals surface area contributed by atoms with Crippen LogP contribution in [-0.4, -0.2) is 30.9 Å². The van der Waals surface area contributed by atoms with E-state index in [4.69, 9.17) is 18.3 Å². The van der Waals surface area contributed by atoms with Crippen molar-refractivity contribution in [2.24, 2.45) is 17.8 Å². The molecule has 0 amide bonds. The van der Waals surface area contributed by atoms with Crippen LogP contribution in [0.5, 0.6) is 0 Å². The minimum Gasteiger partial charge on any atom is -0.409 e. The predicted molar refractivity (Wildman–Crippen MR) is 129 cm³/mol. The fourth-order valence-electron chi connectivity index (χ4n) is 4.63. The number of hydrogen-bond acceptors (Lipinski definition) is 7. The van der Waals surface area contributed by atoms with Crippen molar-refractivity contribution in [2.45, 2.75) is 59.2 Å². The van der Waals surface area contributed by atoms with Crippen LogP contribution in [0.1, 0.15) is 52.0 Å². The van der Waals surface area contributed by atoms with Crippen LogP contribution in [0.3, 0.4) is 0 Å². The third kappa shape index (κ3) is 7.47. The second kappa shape index (κ2) is 12.6. The van der Waals surface area contributed by atoms with E-state index in [0.29, 0.717) is 25.2 Å². The first-order chi connectivity index (χ1) is 16.3. The topological polar surface area (TPSA) is 88.1 Å². The minimum atomic E-state index is -3.75. The van der Waals surface area contributed by atoms with Crippen molar-refractivity contribution < 1.29 is 32.5 Å². The molecule has 0 fully saturated rings. The SMILES string of the molecule is CCOP(=O)(OCC)OC1=CC(CC(=O)CC(C)OCc2ccccc2)[C@H]2C(=O)C=CC[C@H]2C1. The summed E-state index contributed by atoms with van der Waals surface area (Å²) in [5.74, 6) is -0.144. The maximum atomic E-state index is 12.9. The highest BCUT2D eigenvalue weighted by atomic mass is 31.2. The van der Waals surface area contributed by atoms with Gasteiger partial charge in [-0.3, -0.25) is 18.6 Å². The van der Waals surface area contributed by atoms with Gasteiger partial charge in [-0.2, -0.15) is 0 Å². The minimum absolute atomic E-state index is 0.0150. The largest absolute Gasteiger partial charge is 0.529 e. The molecule has 3 rings (SSSR count). The van der Waals surface area contributed by atoms with Gasteiger partial charge in [-0.15, -0.1) is 0 Å². The van der Waals surface area contributed by atoms with Gasteiger partial charge in [-0.25, -0.2) is 4.57 Å². The first-order valence-electron chi connectivity index (χ1n) is 12.0. The van der Waals surface area contributed by atoms with E-state index in [1.165, 1.54) is 0 Å². The molecule has 0 radical (unpaired) electrons. The van der Waals surface area contributed by atoms with Gasteiger partial charge in [0.2, 0.25) is 0 Å². The second-order valence-electron chi connectivity index (χ2n) is 8.76. The van der Waals surface area contributed by atoms with E-state index in [2.05, 4.69) is 0 Å². The van der Waals surface area contributed by atoms with Crippen LogP contribution in [0.15, 0.2) is 54.3 Å². The van der Waals surface area contributed by atoms with Gasteiger partial charge in [-0.05, 0) is 56.7 Å². The van der Waals surface area contributed by atoms with Crippen LogP contribution in [0, 0.1) is 17.8 Å². The molecule has 8 heteroatoms. The fourth-order valence-corrected chi connectivity index (χ4v) is 5.87. The quantitative estimate of drug-likeness (QED) is 0.323. The maximum absolute atomic E-state index is 12.9. The Morgan fingerprint density at radius 3 is 2.53 bits per heavy atom. The van der Waals surface area contributed by atoms with E-state index < -0.39 is 7.82 Å². The molecule has 1 aromatic carbocycles. The number of hydrogen-bond donors (Lipinski definition) is 0. The molecule has 0 aliphatic heterocycles. The zero-order valence-corrected chi connectivity index (χ0v) is 21.1. The van der Waals surface area contributed by atoms with Gasteiger partial charge in [0.25, 0.3) is 0 Å². The Morgan fingerprint density at radius 2 is 1.85 bits per heavy atom. The lowest BCUT2D eigenvalue weighted by Gasteiger charge is -2.37. The molecule has 0 spiro atoms. The molecule has 0 N–H and O–H groups in total. The number of carbonyl (C=O) groups is 2. The van der Waals surface area contributed by atoms with Crippen molar-refractivity contribution >= 4 is 19.4 Å². The number of rotatable bonds is 13. The summed E-state index contributed by atoms with van der Waals surface area (Å²) in [7, 11) is -3.75. The third-order valence-electron chi connectivity index (χ3n) is 6.04. The van der Waals surface area contributed by atoms with Crippen LogP contribution in [0.25, 0.3) is 0 Å². The van der Waals surface area contributed by atoms with Gasteiger partial charge >= 0.3 is 7.82 Å². The Hall–Kier alpha value is -2.05. The highest BCUT2D eigenvalue weighted by molar-refractivity contribution is 7.48. The van der Waals surface area contributed by atoms with E-state index in [1.807, 2.05) is 43.3 Å². The number of phosphoric acid groups is 1. The van der Waals surface area contributed by atoms with Crippen molar-refractivity contribution in [2.75, 3.05) is 13.2 Å². The Morgan fingerprint density at radius 1 is 1.15 bits per heavy atom. The van der Waals surface area contributed by atoms with Crippen LogP contribution < -0.4 is 0 Å². The highest BCUT2D eigenvalue weighted by Gasteiger charge is 2.41. The van der Waals surface area contributed by atoms with Crippen LogP contribution in [0.2, 0.25) is 0 Å². The number of fused-ring (bicyclic) bond motifs is 1. The molecule has 2 aliphatic rings. The van der Waals surface area contributed by atoms with E-state index in [0.717, 1.165) is 5.56 Å². The molecule has 0 saturated heterocycles. The van der Waals surface area contributed by atoms with Crippen molar-refractivity contribution in [3.63, 3.8) is 0 Å². The second-order valence-corrected chi connectivity index (χ2v) is 10.3. The van der Waals surface area contributed by atoms with E-state index in [9.17, 15) is 14.2 Å². The highest BCUT2D eigenvalue weighted by Crippen LogP contribution is 2.54. The average Bonchev–Trinajstić information content (AvgIpc) is 2.78.